The molecule has 0 saturated carbocycles. The van der Waals surface area contributed by atoms with Gasteiger partial charge >= 0.3 is 0 Å². The van der Waals surface area contributed by atoms with Gasteiger partial charge in [0.25, 0.3) is 0 Å². The van der Waals surface area contributed by atoms with Crippen LogP contribution in [0.25, 0.3) is 0 Å². The van der Waals surface area contributed by atoms with E-state index >= 15 is 0 Å². The maximum absolute atomic E-state index is 12.9. The number of nitrogens with one attached hydrogen (secondary N) is 2. The van der Waals surface area contributed by atoms with E-state index in [4.69, 9.17) is 9.94 Å². The number of rotatable bonds is 11. The zero-order chi connectivity index (χ0) is 27.0. The number of hydroxylamine groups is 1. The Balaban J connectivity index is 1.67. The van der Waals surface area contributed by atoms with Crippen LogP contribution in [0.1, 0.15) is 23.1 Å². The van der Waals surface area contributed by atoms with E-state index in [0.29, 0.717) is 17.9 Å². The topological polar surface area (TPSA) is 125 Å². The van der Waals surface area contributed by atoms with Crippen LogP contribution in [0.15, 0.2) is 77.7 Å². The van der Waals surface area contributed by atoms with Crippen LogP contribution in [0.2, 0.25) is 0 Å². The van der Waals surface area contributed by atoms with Crippen LogP contribution >= 0.6 is 0 Å². The molecule has 9 nitrogen and oxygen atoms in total. The number of ether oxygens (including phenoxy) is 1. The van der Waals surface area contributed by atoms with E-state index in [2.05, 4.69) is 4.72 Å². The SMILES string of the molecule is Cc1ccc(S(=O)(=O)NC(Cc2ccc(Oc3ccc(CCC(=O)NO)cc3)cc2)C(=O)N(C)C)cc1. The third-order valence-corrected chi connectivity index (χ3v) is 7.14. The van der Waals surface area contributed by atoms with E-state index in [9.17, 15) is 18.0 Å². The highest BCUT2D eigenvalue weighted by Gasteiger charge is 2.27. The minimum atomic E-state index is -3.89. The van der Waals surface area contributed by atoms with Gasteiger partial charge in [-0.2, -0.15) is 4.72 Å². The summed E-state index contributed by atoms with van der Waals surface area (Å²) in [5.41, 5.74) is 4.23. The lowest BCUT2D eigenvalue weighted by atomic mass is 10.1. The van der Waals surface area contributed by atoms with Crippen LogP contribution in [0.3, 0.4) is 0 Å². The Morgan fingerprint density at radius 3 is 1.95 bits per heavy atom. The average Bonchev–Trinajstić information content (AvgIpc) is 2.88. The Hall–Kier alpha value is -3.73. The number of sulfonamides is 1. The molecule has 0 spiro atoms. The van der Waals surface area contributed by atoms with Gasteiger partial charge in [0.15, 0.2) is 0 Å². The van der Waals surface area contributed by atoms with Crippen molar-refractivity contribution < 1.29 is 28.0 Å². The second-order valence-corrected chi connectivity index (χ2v) is 10.6. The molecule has 0 aliphatic carbocycles. The quantitative estimate of drug-likeness (QED) is 0.261. The van der Waals surface area contributed by atoms with Crippen molar-refractivity contribution in [2.75, 3.05) is 14.1 Å². The minimum Gasteiger partial charge on any atom is -0.457 e. The van der Waals surface area contributed by atoms with Crippen molar-refractivity contribution in [1.29, 1.82) is 0 Å². The van der Waals surface area contributed by atoms with Crippen molar-refractivity contribution in [2.45, 2.75) is 37.1 Å². The van der Waals surface area contributed by atoms with Crippen molar-refractivity contribution in [2.24, 2.45) is 0 Å². The lowest BCUT2D eigenvalue weighted by Crippen LogP contribution is -2.47. The highest BCUT2D eigenvalue weighted by Crippen LogP contribution is 2.23. The van der Waals surface area contributed by atoms with Crippen molar-refractivity contribution in [1.82, 2.24) is 15.1 Å². The van der Waals surface area contributed by atoms with Crippen LogP contribution in [-0.2, 0) is 32.5 Å². The predicted molar refractivity (Wildman–Crippen MR) is 139 cm³/mol. The molecule has 0 bridgehead atoms. The molecule has 0 radical (unpaired) electrons. The second-order valence-electron chi connectivity index (χ2n) is 8.85. The summed E-state index contributed by atoms with van der Waals surface area (Å²) in [5.74, 6) is 0.381. The molecule has 3 rings (SSSR count). The summed E-state index contributed by atoms with van der Waals surface area (Å²) in [6.45, 7) is 1.87. The zero-order valence-electron chi connectivity index (χ0n) is 21.0. The Bertz CT molecular complexity index is 1310. The molecule has 1 atom stereocenters. The zero-order valence-corrected chi connectivity index (χ0v) is 21.8. The monoisotopic (exact) mass is 525 g/mol. The van der Waals surface area contributed by atoms with E-state index in [1.165, 1.54) is 17.0 Å². The summed E-state index contributed by atoms with van der Waals surface area (Å²) in [4.78, 5) is 25.4. The summed E-state index contributed by atoms with van der Waals surface area (Å²) >= 11 is 0. The molecule has 2 amide bonds. The maximum atomic E-state index is 12.9. The van der Waals surface area contributed by atoms with Gasteiger partial charge in [-0.15, -0.1) is 0 Å². The molecule has 3 aromatic rings. The Labute approximate surface area is 217 Å². The van der Waals surface area contributed by atoms with Gasteiger partial charge in [-0.05, 0) is 67.3 Å². The number of amides is 2. The molecule has 196 valence electrons. The fourth-order valence-corrected chi connectivity index (χ4v) is 4.76. The van der Waals surface area contributed by atoms with Gasteiger partial charge in [-0.1, -0.05) is 42.0 Å². The molecule has 37 heavy (non-hydrogen) atoms. The second kappa shape index (κ2) is 12.5. The highest BCUT2D eigenvalue weighted by molar-refractivity contribution is 7.89. The molecule has 1 unspecified atom stereocenters. The summed E-state index contributed by atoms with van der Waals surface area (Å²) in [6, 6.07) is 19.8. The van der Waals surface area contributed by atoms with Crippen molar-refractivity contribution in [3.8, 4) is 11.5 Å². The normalized spacial score (nSPS) is 12.0. The number of carbonyl (C=O) groups excluding carboxylic acids is 2. The van der Waals surface area contributed by atoms with Crippen LogP contribution in [0.5, 0.6) is 11.5 Å². The predicted octanol–water partition coefficient (Wildman–Crippen LogP) is 3.20. The standard InChI is InChI=1S/C27H31N3O6S/c1-19-4-15-24(16-5-19)37(34,35)29-25(27(32)30(2)3)18-21-8-13-23(14-9-21)36-22-11-6-20(7-12-22)10-17-26(31)28-33/h4-9,11-16,25,29,33H,10,17-18H2,1-3H3,(H,28,31). The van der Waals surface area contributed by atoms with E-state index in [1.807, 2.05) is 19.1 Å². The number of carbonyl (C=O) groups is 2. The molecule has 3 aromatic carbocycles. The van der Waals surface area contributed by atoms with Crippen LogP contribution < -0.4 is 14.9 Å². The van der Waals surface area contributed by atoms with E-state index in [-0.39, 0.29) is 23.6 Å². The molecule has 0 fully saturated rings. The van der Waals surface area contributed by atoms with Gasteiger partial charge in [-0.3, -0.25) is 14.8 Å². The van der Waals surface area contributed by atoms with Gasteiger partial charge in [0.1, 0.15) is 17.5 Å². The Kier molecular flexibility index (Phi) is 9.40. The van der Waals surface area contributed by atoms with Crippen molar-refractivity contribution in [3.05, 3.63) is 89.5 Å². The lowest BCUT2D eigenvalue weighted by Gasteiger charge is -2.22. The molecular formula is C27H31N3O6S. The van der Waals surface area contributed by atoms with Crippen molar-refractivity contribution >= 4 is 21.8 Å². The van der Waals surface area contributed by atoms with Gasteiger partial charge in [0, 0.05) is 20.5 Å². The van der Waals surface area contributed by atoms with Crippen LogP contribution in [0.4, 0.5) is 0 Å². The number of benzene rings is 3. The fourth-order valence-electron chi connectivity index (χ4n) is 3.57. The third kappa shape index (κ3) is 8.14. The van der Waals surface area contributed by atoms with Gasteiger partial charge in [-0.25, -0.2) is 13.9 Å². The Morgan fingerprint density at radius 1 is 0.892 bits per heavy atom. The average molecular weight is 526 g/mol. The summed E-state index contributed by atoms with van der Waals surface area (Å²) in [6.07, 6.45) is 0.830. The van der Waals surface area contributed by atoms with Gasteiger partial charge in [0.05, 0.1) is 4.90 Å². The molecule has 0 aliphatic rings. The molecular weight excluding hydrogens is 494 g/mol. The number of aryl methyl sites for hydroxylation is 2. The van der Waals surface area contributed by atoms with Gasteiger partial charge in [0.2, 0.25) is 21.8 Å². The number of hydrogen-bond acceptors (Lipinski definition) is 6. The molecule has 0 aliphatic heterocycles. The number of hydrogen-bond donors (Lipinski definition) is 3. The molecule has 10 heteroatoms. The fraction of sp³-hybridized carbons (Fsp3) is 0.259. The van der Waals surface area contributed by atoms with E-state index in [0.717, 1.165) is 16.7 Å². The first kappa shape index (κ1) is 27.9. The van der Waals surface area contributed by atoms with Gasteiger partial charge < -0.3 is 9.64 Å². The first-order valence-electron chi connectivity index (χ1n) is 11.7. The van der Waals surface area contributed by atoms with E-state index in [1.54, 1.807) is 68.1 Å². The lowest BCUT2D eigenvalue weighted by molar-refractivity contribution is -0.130. The number of likely N-dealkylation sites (N-methyl/N-ethyl adjacent to an activating group) is 1. The largest absolute Gasteiger partial charge is 0.457 e. The molecule has 0 saturated heterocycles. The minimum absolute atomic E-state index is 0.0982. The molecule has 0 aromatic heterocycles. The third-order valence-electron chi connectivity index (χ3n) is 5.66. The van der Waals surface area contributed by atoms with Crippen LogP contribution in [-0.4, -0.2) is 50.5 Å². The number of nitrogens with zero attached hydrogens (tertiary/aromatic N) is 1. The smallest absolute Gasteiger partial charge is 0.243 e. The van der Waals surface area contributed by atoms with Crippen LogP contribution in [0, 0.1) is 6.92 Å². The Morgan fingerprint density at radius 2 is 1.43 bits per heavy atom. The highest BCUT2D eigenvalue weighted by atomic mass is 32.2. The molecule has 3 N–H and O–H groups in total. The summed E-state index contributed by atoms with van der Waals surface area (Å²) < 4.78 is 34.2. The van der Waals surface area contributed by atoms with E-state index < -0.39 is 22.0 Å². The van der Waals surface area contributed by atoms with Crippen molar-refractivity contribution in [3.63, 3.8) is 0 Å². The molecule has 0 heterocycles. The summed E-state index contributed by atoms with van der Waals surface area (Å²) in [7, 11) is -0.730. The summed E-state index contributed by atoms with van der Waals surface area (Å²) in [5, 5.41) is 8.58. The maximum Gasteiger partial charge on any atom is 0.243 e. The first-order valence-corrected chi connectivity index (χ1v) is 13.1. The first-order chi connectivity index (χ1) is 17.6.